The molecule has 27 heavy (non-hydrogen) atoms. The zero-order chi connectivity index (χ0) is 19.8. The molecule has 2 radical (unpaired) electrons. The Bertz CT molecular complexity index is 567. The van der Waals surface area contributed by atoms with E-state index < -0.39 is 10.0 Å². The maximum Gasteiger partial charge on any atom is 0.427 e. The summed E-state index contributed by atoms with van der Waals surface area (Å²) in [5.41, 5.74) is 1.06. The number of hydrogen-bond donors (Lipinski definition) is 0. The van der Waals surface area contributed by atoms with Gasteiger partial charge in [-0.05, 0) is 25.5 Å². The van der Waals surface area contributed by atoms with Gasteiger partial charge in [-0.3, -0.25) is 0 Å². The summed E-state index contributed by atoms with van der Waals surface area (Å²) < 4.78 is 28.1. The first kappa shape index (κ1) is 24.2. The van der Waals surface area contributed by atoms with Crippen molar-refractivity contribution in [3.8, 4) is 0 Å². The summed E-state index contributed by atoms with van der Waals surface area (Å²) in [5.74, 6) is 0. The molecule has 0 bridgehead atoms. The highest BCUT2D eigenvalue weighted by Gasteiger charge is 2.27. The number of rotatable bonds is 17. The zero-order valence-electron chi connectivity index (χ0n) is 17.6. The number of aryl methyl sites for hydroxylation is 1. The molecule has 0 aromatic heterocycles. The van der Waals surface area contributed by atoms with Crippen molar-refractivity contribution in [1.29, 1.82) is 0 Å². The topological polar surface area (TPSA) is 48.2 Å². The number of sulfonamides is 1. The van der Waals surface area contributed by atoms with Crippen molar-refractivity contribution in [2.75, 3.05) is 6.54 Å². The SMILES string of the molecule is CCCCCCCCCCCCCCCC[N+]S(=O)(=O)c1ccc(C)cc1. The lowest BCUT2D eigenvalue weighted by Gasteiger charge is -2.02. The molecule has 3 nitrogen and oxygen atoms in total. The van der Waals surface area contributed by atoms with Gasteiger partial charge >= 0.3 is 10.0 Å². The van der Waals surface area contributed by atoms with Gasteiger partial charge in [-0.25, -0.2) is 0 Å². The molecular formula is C23H40NO2S+. The predicted molar refractivity (Wildman–Crippen MR) is 116 cm³/mol. The molecule has 0 unspecified atom stereocenters. The molecule has 1 aromatic rings. The van der Waals surface area contributed by atoms with Crippen LogP contribution >= 0.6 is 0 Å². The number of hydrogen-bond acceptors (Lipinski definition) is 2. The van der Waals surface area contributed by atoms with Crippen molar-refractivity contribution in [2.24, 2.45) is 0 Å². The highest BCUT2D eigenvalue weighted by molar-refractivity contribution is 7.89. The highest BCUT2D eigenvalue weighted by Crippen LogP contribution is 2.14. The van der Waals surface area contributed by atoms with Gasteiger partial charge in [0.15, 0.2) is 4.72 Å². The Kier molecular flexibility index (Phi) is 13.5. The van der Waals surface area contributed by atoms with Crippen LogP contribution in [0.15, 0.2) is 29.2 Å². The van der Waals surface area contributed by atoms with E-state index in [0.717, 1.165) is 18.4 Å². The van der Waals surface area contributed by atoms with E-state index in [0.29, 0.717) is 11.4 Å². The normalized spacial score (nSPS) is 11.8. The van der Waals surface area contributed by atoms with E-state index >= 15 is 0 Å². The first-order chi connectivity index (χ1) is 13.1. The minimum absolute atomic E-state index is 0.304. The Labute approximate surface area is 168 Å². The molecular weight excluding hydrogens is 354 g/mol. The Morgan fingerprint density at radius 1 is 0.667 bits per heavy atom. The van der Waals surface area contributed by atoms with Gasteiger partial charge in [0.25, 0.3) is 0 Å². The van der Waals surface area contributed by atoms with Crippen LogP contribution in [0.25, 0.3) is 0 Å². The van der Waals surface area contributed by atoms with Crippen LogP contribution in [0.3, 0.4) is 0 Å². The second-order valence-electron chi connectivity index (χ2n) is 7.74. The molecule has 0 saturated carbocycles. The first-order valence-corrected chi connectivity index (χ1v) is 12.5. The fraction of sp³-hybridized carbons (Fsp3) is 0.739. The Balaban J connectivity index is 1.91. The first-order valence-electron chi connectivity index (χ1n) is 11.1. The summed E-state index contributed by atoms with van der Waals surface area (Å²) in [6, 6.07) is 6.91. The minimum Gasteiger partial charge on any atom is -0.157 e. The highest BCUT2D eigenvalue weighted by atomic mass is 32.2. The van der Waals surface area contributed by atoms with Gasteiger partial charge < -0.3 is 0 Å². The van der Waals surface area contributed by atoms with Gasteiger partial charge in [0.05, 0.1) is 0 Å². The average molecular weight is 395 g/mol. The fourth-order valence-corrected chi connectivity index (χ4v) is 4.27. The summed E-state index contributed by atoms with van der Waals surface area (Å²) in [4.78, 5) is 0.304. The lowest BCUT2D eigenvalue weighted by Crippen LogP contribution is -2.17. The van der Waals surface area contributed by atoms with E-state index in [-0.39, 0.29) is 0 Å². The maximum atomic E-state index is 12.1. The van der Waals surface area contributed by atoms with Gasteiger partial charge in [-0.2, -0.15) is 8.42 Å². The molecule has 0 fully saturated rings. The lowest BCUT2D eigenvalue weighted by molar-refractivity contribution is 0.532. The molecule has 0 amide bonds. The number of benzene rings is 1. The van der Waals surface area contributed by atoms with Gasteiger partial charge in [-0.15, -0.1) is 0 Å². The molecule has 0 N–H and O–H groups in total. The van der Waals surface area contributed by atoms with Crippen molar-refractivity contribution in [1.82, 2.24) is 4.72 Å². The zero-order valence-corrected chi connectivity index (χ0v) is 18.4. The van der Waals surface area contributed by atoms with Crippen LogP contribution in [0.5, 0.6) is 0 Å². The lowest BCUT2D eigenvalue weighted by atomic mass is 10.0. The second kappa shape index (κ2) is 15.1. The van der Waals surface area contributed by atoms with E-state index in [9.17, 15) is 8.42 Å². The fourth-order valence-electron chi connectivity index (χ4n) is 3.28. The molecule has 154 valence electrons. The molecule has 0 aliphatic heterocycles. The van der Waals surface area contributed by atoms with Gasteiger partial charge in [0.1, 0.15) is 4.90 Å². The maximum absolute atomic E-state index is 12.1. The van der Waals surface area contributed by atoms with E-state index in [4.69, 9.17) is 0 Å². The average Bonchev–Trinajstić information content (AvgIpc) is 2.65. The number of nitrogens with zero attached hydrogens (tertiary/aromatic N) is 1. The van der Waals surface area contributed by atoms with E-state index in [1.165, 1.54) is 77.0 Å². The van der Waals surface area contributed by atoms with Crippen molar-refractivity contribution < 1.29 is 8.42 Å². The quantitative estimate of drug-likeness (QED) is 0.274. The molecule has 0 spiro atoms. The Hall–Kier alpha value is -0.870. The van der Waals surface area contributed by atoms with Crippen LogP contribution in [-0.4, -0.2) is 15.0 Å². The van der Waals surface area contributed by atoms with E-state index in [2.05, 4.69) is 11.6 Å². The molecule has 0 heterocycles. The van der Waals surface area contributed by atoms with Crippen molar-refractivity contribution >= 4 is 10.0 Å². The molecule has 4 heteroatoms. The largest absolute Gasteiger partial charge is 0.427 e. The minimum atomic E-state index is -3.47. The molecule has 0 atom stereocenters. The Morgan fingerprint density at radius 3 is 1.52 bits per heavy atom. The van der Waals surface area contributed by atoms with Crippen molar-refractivity contribution in [3.63, 3.8) is 0 Å². The van der Waals surface area contributed by atoms with Crippen LogP contribution in [0, 0.1) is 6.92 Å². The van der Waals surface area contributed by atoms with Crippen LogP contribution in [0.1, 0.15) is 102 Å². The van der Waals surface area contributed by atoms with Crippen molar-refractivity contribution in [2.45, 2.75) is 109 Å². The molecule has 0 aliphatic rings. The summed E-state index contributed by atoms with van der Waals surface area (Å²) >= 11 is 0. The molecule has 0 saturated heterocycles. The van der Waals surface area contributed by atoms with Crippen LogP contribution < -0.4 is 4.72 Å². The van der Waals surface area contributed by atoms with Crippen LogP contribution in [-0.2, 0) is 10.0 Å². The van der Waals surface area contributed by atoms with E-state index in [1.54, 1.807) is 12.1 Å². The summed E-state index contributed by atoms with van der Waals surface area (Å²) in [7, 11) is -3.47. The molecule has 0 aliphatic carbocycles. The molecule has 1 rings (SSSR count). The third kappa shape index (κ3) is 12.2. The van der Waals surface area contributed by atoms with Crippen molar-refractivity contribution in [3.05, 3.63) is 29.8 Å². The number of unbranched alkanes of at least 4 members (excludes halogenated alkanes) is 13. The van der Waals surface area contributed by atoms with E-state index in [1.807, 2.05) is 19.1 Å². The monoisotopic (exact) mass is 394 g/mol. The van der Waals surface area contributed by atoms with Gasteiger partial charge in [-0.1, -0.05) is 102 Å². The summed E-state index contributed by atoms with van der Waals surface area (Å²) in [6.07, 6.45) is 18.2. The Morgan fingerprint density at radius 2 is 1.07 bits per heavy atom. The van der Waals surface area contributed by atoms with Crippen LogP contribution in [0.2, 0.25) is 0 Å². The van der Waals surface area contributed by atoms with Crippen LogP contribution in [0.4, 0.5) is 0 Å². The van der Waals surface area contributed by atoms with Gasteiger partial charge in [0.2, 0.25) is 6.54 Å². The summed E-state index contributed by atoms with van der Waals surface area (Å²) in [5, 5.41) is 0. The summed E-state index contributed by atoms with van der Waals surface area (Å²) in [6.45, 7) is 4.62. The standard InChI is InChI=1S/C23H40NO2S/c1-3-4-5-6-7-8-9-10-11-12-13-14-15-16-21-24-27(25,26)23-19-17-22(2)18-20-23/h17-20H,3-16,21H2,1-2H3/q+1. The smallest absolute Gasteiger partial charge is 0.157 e. The molecule has 1 aromatic carbocycles. The third-order valence-corrected chi connectivity index (χ3v) is 6.48. The predicted octanol–water partition coefficient (Wildman–Crippen LogP) is 6.77. The second-order valence-corrected chi connectivity index (χ2v) is 9.42. The van der Waals surface area contributed by atoms with Gasteiger partial charge in [0, 0.05) is 6.42 Å². The third-order valence-electron chi connectivity index (χ3n) is 5.09.